The Morgan fingerprint density at radius 3 is 2.38 bits per heavy atom. The smallest absolute Gasteiger partial charge is 0.167 e. The highest BCUT2D eigenvalue weighted by atomic mass is 16.3. The average molecular weight is 112 g/mol. The summed E-state index contributed by atoms with van der Waals surface area (Å²) < 4.78 is 0. The van der Waals surface area contributed by atoms with E-state index in [0.29, 0.717) is 0 Å². The van der Waals surface area contributed by atoms with Crippen LogP contribution in [0, 0.1) is 5.41 Å². The fraction of sp³-hybridized carbons (Fsp3) is 0.833. The van der Waals surface area contributed by atoms with Gasteiger partial charge in [-0.3, -0.25) is 4.79 Å². The standard InChI is InChI=1S/C6H8O2/c7-4-3-6(1-2-6)5(4)8/h4,7H,1-3H2. The second kappa shape index (κ2) is 0.982. The van der Waals surface area contributed by atoms with E-state index >= 15 is 0 Å². The van der Waals surface area contributed by atoms with Gasteiger partial charge in [0, 0.05) is 5.41 Å². The van der Waals surface area contributed by atoms with Crippen molar-refractivity contribution in [2.75, 3.05) is 0 Å². The van der Waals surface area contributed by atoms with Gasteiger partial charge in [0.05, 0.1) is 0 Å². The van der Waals surface area contributed by atoms with Crippen LogP contribution in [0.1, 0.15) is 19.3 Å². The summed E-state index contributed by atoms with van der Waals surface area (Å²) in [6.07, 6.45) is 2.20. The van der Waals surface area contributed by atoms with Gasteiger partial charge in [0.2, 0.25) is 0 Å². The second-order valence-corrected chi connectivity index (χ2v) is 2.86. The Balaban J connectivity index is 2.16. The summed E-state index contributed by atoms with van der Waals surface area (Å²) in [5.74, 6) is 0.0949. The lowest BCUT2D eigenvalue weighted by Gasteiger charge is -2.28. The van der Waals surface area contributed by atoms with Crippen molar-refractivity contribution in [3.63, 3.8) is 0 Å². The molecule has 2 heteroatoms. The molecule has 0 aromatic rings. The van der Waals surface area contributed by atoms with E-state index in [2.05, 4.69) is 0 Å². The molecular formula is C6H8O2. The Labute approximate surface area is 47.5 Å². The number of aliphatic hydroxyl groups is 1. The summed E-state index contributed by atoms with van der Waals surface area (Å²) in [6, 6.07) is 0. The summed E-state index contributed by atoms with van der Waals surface area (Å²) in [6.45, 7) is 0. The molecule has 0 aliphatic heterocycles. The molecule has 0 amide bonds. The third kappa shape index (κ3) is 0.313. The van der Waals surface area contributed by atoms with Crippen LogP contribution in [0.25, 0.3) is 0 Å². The third-order valence-electron chi connectivity index (χ3n) is 2.26. The first-order chi connectivity index (χ1) is 3.75. The van der Waals surface area contributed by atoms with E-state index in [1.54, 1.807) is 0 Å². The molecule has 1 unspecified atom stereocenters. The van der Waals surface area contributed by atoms with Crippen LogP contribution in [0.15, 0.2) is 0 Å². The zero-order valence-electron chi connectivity index (χ0n) is 4.55. The number of aliphatic hydroxyl groups excluding tert-OH is 1. The van der Waals surface area contributed by atoms with Gasteiger partial charge in [0.15, 0.2) is 5.78 Å². The molecule has 0 bridgehead atoms. The van der Waals surface area contributed by atoms with Crippen LogP contribution in [0.5, 0.6) is 0 Å². The molecule has 1 N–H and O–H groups in total. The van der Waals surface area contributed by atoms with Crippen molar-refractivity contribution < 1.29 is 9.90 Å². The van der Waals surface area contributed by atoms with Crippen LogP contribution in [0.3, 0.4) is 0 Å². The molecule has 2 saturated carbocycles. The van der Waals surface area contributed by atoms with Crippen molar-refractivity contribution in [1.82, 2.24) is 0 Å². The van der Waals surface area contributed by atoms with E-state index in [0.717, 1.165) is 19.3 Å². The van der Waals surface area contributed by atoms with Crippen molar-refractivity contribution in [2.24, 2.45) is 5.41 Å². The lowest BCUT2D eigenvalue weighted by atomic mass is 9.77. The van der Waals surface area contributed by atoms with Crippen molar-refractivity contribution in [3.8, 4) is 0 Å². The molecule has 0 saturated heterocycles. The number of carbonyl (C=O) groups excluding carboxylic acids is 1. The second-order valence-electron chi connectivity index (χ2n) is 2.86. The van der Waals surface area contributed by atoms with Gasteiger partial charge in [-0.15, -0.1) is 0 Å². The molecule has 0 heterocycles. The van der Waals surface area contributed by atoms with Crippen LogP contribution in [-0.2, 0) is 4.79 Å². The predicted octanol–water partition coefficient (Wildman–Crippen LogP) is 0.100. The highest BCUT2D eigenvalue weighted by Gasteiger charge is 2.60. The summed E-state index contributed by atoms with van der Waals surface area (Å²) in [5.41, 5.74) is 0.0133. The number of ketones is 1. The van der Waals surface area contributed by atoms with Gasteiger partial charge in [-0.2, -0.15) is 0 Å². The zero-order valence-corrected chi connectivity index (χ0v) is 4.55. The van der Waals surface area contributed by atoms with Gasteiger partial charge >= 0.3 is 0 Å². The molecule has 0 radical (unpaired) electrons. The van der Waals surface area contributed by atoms with Crippen LogP contribution < -0.4 is 0 Å². The topological polar surface area (TPSA) is 37.3 Å². The molecule has 2 fully saturated rings. The summed E-state index contributed by atoms with van der Waals surface area (Å²) in [5, 5.41) is 8.74. The van der Waals surface area contributed by atoms with Crippen molar-refractivity contribution in [3.05, 3.63) is 0 Å². The first-order valence-corrected chi connectivity index (χ1v) is 2.97. The van der Waals surface area contributed by atoms with Gasteiger partial charge in [-0.1, -0.05) is 0 Å². The summed E-state index contributed by atoms with van der Waals surface area (Å²) >= 11 is 0. The van der Waals surface area contributed by atoms with E-state index in [4.69, 9.17) is 5.11 Å². The van der Waals surface area contributed by atoms with E-state index in [9.17, 15) is 4.79 Å². The van der Waals surface area contributed by atoms with Crippen molar-refractivity contribution >= 4 is 5.78 Å². The summed E-state index contributed by atoms with van der Waals surface area (Å²) in [4.78, 5) is 10.7. The van der Waals surface area contributed by atoms with Crippen LogP contribution in [0.2, 0.25) is 0 Å². The number of rotatable bonds is 0. The molecule has 2 aliphatic carbocycles. The molecule has 1 atom stereocenters. The molecular weight excluding hydrogens is 104 g/mol. The quantitative estimate of drug-likeness (QED) is 0.482. The molecule has 2 rings (SSSR count). The number of Topliss-reactive ketones (excluding diaryl/α,β-unsaturated/α-hetero) is 1. The molecule has 0 aromatic heterocycles. The first kappa shape index (κ1) is 4.50. The Morgan fingerprint density at radius 2 is 2.25 bits per heavy atom. The van der Waals surface area contributed by atoms with E-state index in [1.165, 1.54) is 0 Å². The highest BCUT2D eigenvalue weighted by molar-refractivity contribution is 5.97. The molecule has 2 nitrogen and oxygen atoms in total. The summed E-state index contributed by atoms with van der Waals surface area (Å²) in [7, 11) is 0. The Kier molecular flexibility index (Phi) is 0.553. The van der Waals surface area contributed by atoms with Crippen molar-refractivity contribution in [2.45, 2.75) is 25.4 Å². The SMILES string of the molecule is O=C1C(O)CC12CC2. The minimum atomic E-state index is -0.600. The first-order valence-electron chi connectivity index (χ1n) is 2.97. The van der Waals surface area contributed by atoms with E-state index in [-0.39, 0.29) is 11.2 Å². The van der Waals surface area contributed by atoms with Crippen LogP contribution >= 0.6 is 0 Å². The Hall–Kier alpha value is -0.370. The maximum absolute atomic E-state index is 10.7. The predicted molar refractivity (Wildman–Crippen MR) is 27.3 cm³/mol. The number of carbonyl (C=O) groups is 1. The number of hydrogen-bond donors (Lipinski definition) is 1. The largest absolute Gasteiger partial charge is 0.385 e. The molecule has 2 aliphatic rings. The van der Waals surface area contributed by atoms with Crippen LogP contribution in [0.4, 0.5) is 0 Å². The van der Waals surface area contributed by atoms with Gasteiger partial charge in [0.1, 0.15) is 6.10 Å². The fourth-order valence-corrected chi connectivity index (χ4v) is 1.39. The molecule has 0 aromatic carbocycles. The molecule has 44 valence electrons. The Bertz CT molecular complexity index is 147. The maximum atomic E-state index is 10.7. The van der Waals surface area contributed by atoms with E-state index < -0.39 is 6.10 Å². The maximum Gasteiger partial charge on any atom is 0.167 e. The highest BCUT2D eigenvalue weighted by Crippen LogP contribution is 2.57. The Morgan fingerprint density at radius 1 is 1.62 bits per heavy atom. The lowest BCUT2D eigenvalue weighted by molar-refractivity contribution is -0.145. The normalized spacial score (nSPS) is 39.6. The third-order valence-corrected chi connectivity index (χ3v) is 2.26. The number of hydrogen-bond acceptors (Lipinski definition) is 2. The van der Waals surface area contributed by atoms with Crippen LogP contribution in [-0.4, -0.2) is 17.0 Å². The van der Waals surface area contributed by atoms with Gasteiger partial charge in [-0.25, -0.2) is 0 Å². The average Bonchev–Trinajstić information content (AvgIpc) is 2.49. The van der Waals surface area contributed by atoms with E-state index in [1.807, 2.05) is 0 Å². The fourth-order valence-electron chi connectivity index (χ4n) is 1.39. The van der Waals surface area contributed by atoms with Gasteiger partial charge in [0.25, 0.3) is 0 Å². The van der Waals surface area contributed by atoms with Gasteiger partial charge in [-0.05, 0) is 19.3 Å². The lowest BCUT2D eigenvalue weighted by Crippen LogP contribution is -2.43. The van der Waals surface area contributed by atoms with Crippen molar-refractivity contribution in [1.29, 1.82) is 0 Å². The zero-order chi connectivity index (χ0) is 5.78. The molecule has 1 spiro atoms. The minimum Gasteiger partial charge on any atom is -0.385 e. The van der Waals surface area contributed by atoms with Gasteiger partial charge < -0.3 is 5.11 Å². The minimum absolute atomic E-state index is 0.0133. The monoisotopic (exact) mass is 112 g/mol. The molecule has 8 heavy (non-hydrogen) atoms.